The summed E-state index contributed by atoms with van der Waals surface area (Å²) in [4.78, 5) is 20.8. The van der Waals surface area contributed by atoms with E-state index in [1.807, 2.05) is 42.5 Å². The van der Waals surface area contributed by atoms with Crippen LogP contribution in [-0.4, -0.2) is 42.8 Å². The first kappa shape index (κ1) is 15.8. The van der Waals surface area contributed by atoms with Crippen LogP contribution in [0.5, 0.6) is 0 Å². The molecule has 4 rings (SSSR count). The molecule has 128 valence electrons. The smallest absolute Gasteiger partial charge is 0.291 e. The Morgan fingerprint density at radius 1 is 0.923 bits per heavy atom. The Morgan fingerprint density at radius 2 is 1.69 bits per heavy atom. The third-order valence-corrected chi connectivity index (χ3v) is 3.77. The third kappa shape index (κ3) is 3.39. The summed E-state index contributed by atoms with van der Waals surface area (Å²) in [6.07, 6.45) is 0.520. The van der Waals surface area contributed by atoms with Crippen LogP contribution < -0.4 is 5.32 Å². The molecule has 8 nitrogen and oxygen atoms in total. The normalized spacial score (nSPS) is 10.8. The first-order valence-electron chi connectivity index (χ1n) is 8.14. The second kappa shape index (κ2) is 7.06. The predicted molar refractivity (Wildman–Crippen MR) is 95.2 cm³/mol. The average Bonchev–Trinajstić information content (AvgIpc) is 3.17. The number of hydrogen-bond donors (Lipinski definition) is 2. The molecular formula is C18H15N7O. The number of hydrogen-bond acceptors (Lipinski definition) is 6. The summed E-state index contributed by atoms with van der Waals surface area (Å²) in [6.45, 7) is 0.387. The quantitative estimate of drug-likeness (QED) is 0.571. The number of aromatic amines is 1. The molecule has 2 heterocycles. The van der Waals surface area contributed by atoms with Gasteiger partial charge in [-0.05, 0) is 12.1 Å². The molecule has 0 radical (unpaired) electrons. The van der Waals surface area contributed by atoms with Crippen LogP contribution >= 0.6 is 0 Å². The van der Waals surface area contributed by atoms with Crippen molar-refractivity contribution in [2.75, 3.05) is 6.54 Å². The lowest BCUT2D eigenvalue weighted by Crippen LogP contribution is -2.28. The summed E-state index contributed by atoms with van der Waals surface area (Å²) in [5.74, 6) is 1.01. The molecule has 1 amide bonds. The number of amides is 1. The van der Waals surface area contributed by atoms with E-state index in [4.69, 9.17) is 0 Å². The zero-order chi connectivity index (χ0) is 17.8. The highest BCUT2D eigenvalue weighted by molar-refractivity contribution is 5.91. The molecular weight excluding hydrogens is 330 g/mol. The lowest BCUT2D eigenvalue weighted by Gasteiger charge is -2.03. The van der Waals surface area contributed by atoms with E-state index in [1.54, 1.807) is 12.1 Å². The standard InChI is InChI=1S/C18H15N7O/c26-18(17-20-13-8-4-5-9-14(13)22-25-17)19-11-10-15-21-16(24-23-15)12-6-2-1-3-7-12/h1-9H,10-11H2,(H,19,26)(H,21,23,24). The Balaban J connectivity index is 1.37. The van der Waals surface area contributed by atoms with E-state index in [-0.39, 0.29) is 11.7 Å². The van der Waals surface area contributed by atoms with Gasteiger partial charge in [-0.2, -0.15) is 5.10 Å². The molecule has 4 aromatic rings. The number of carbonyl (C=O) groups is 1. The second-order valence-corrected chi connectivity index (χ2v) is 5.60. The van der Waals surface area contributed by atoms with Gasteiger partial charge in [-0.1, -0.05) is 42.5 Å². The minimum atomic E-state index is -0.369. The molecule has 0 atom stereocenters. The molecule has 0 bridgehead atoms. The van der Waals surface area contributed by atoms with Gasteiger partial charge in [0.25, 0.3) is 5.91 Å². The Bertz CT molecular complexity index is 1050. The van der Waals surface area contributed by atoms with Crippen molar-refractivity contribution < 1.29 is 4.79 Å². The maximum Gasteiger partial charge on any atom is 0.291 e. The number of rotatable bonds is 5. The number of nitrogens with zero attached hydrogens (tertiary/aromatic N) is 5. The van der Waals surface area contributed by atoms with Crippen molar-refractivity contribution in [3.63, 3.8) is 0 Å². The van der Waals surface area contributed by atoms with Gasteiger partial charge in [-0.3, -0.25) is 9.89 Å². The van der Waals surface area contributed by atoms with Gasteiger partial charge in [0.2, 0.25) is 5.82 Å². The fourth-order valence-electron chi connectivity index (χ4n) is 2.47. The number of nitrogens with one attached hydrogen (secondary N) is 2. The maximum atomic E-state index is 12.2. The van der Waals surface area contributed by atoms with Gasteiger partial charge in [0, 0.05) is 18.5 Å². The van der Waals surface area contributed by atoms with E-state index in [9.17, 15) is 4.79 Å². The summed E-state index contributed by atoms with van der Waals surface area (Å²) < 4.78 is 0. The highest BCUT2D eigenvalue weighted by Crippen LogP contribution is 2.13. The fourth-order valence-corrected chi connectivity index (χ4v) is 2.47. The van der Waals surface area contributed by atoms with Crippen LogP contribution in [0.4, 0.5) is 0 Å². The van der Waals surface area contributed by atoms with Crippen LogP contribution in [0.25, 0.3) is 22.4 Å². The molecule has 0 aliphatic rings. The van der Waals surface area contributed by atoms with Crippen LogP contribution in [0.3, 0.4) is 0 Å². The number of fused-ring (bicyclic) bond motifs is 1. The van der Waals surface area contributed by atoms with Crippen LogP contribution in [0.2, 0.25) is 0 Å². The van der Waals surface area contributed by atoms with Crippen molar-refractivity contribution in [2.24, 2.45) is 0 Å². The van der Waals surface area contributed by atoms with Crippen LogP contribution in [0.1, 0.15) is 16.4 Å². The largest absolute Gasteiger partial charge is 0.349 e. The lowest BCUT2D eigenvalue weighted by molar-refractivity contribution is 0.0943. The summed E-state index contributed by atoms with van der Waals surface area (Å²) >= 11 is 0. The third-order valence-electron chi connectivity index (χ3n) is 3.77. The molecule has 0 saturated carbocycles. The van der Waals surface area contributed by atoms with Crippen molar-refractivity contribution in [1.29, 1.82) is 0 Å². The molecule has 26 heavy (non-hydrogen) atoms. The van der Waals surface area contributed by atoms with Crippen molar-refractivity contribution in [3.8, 4) is 11.4 Å². The van der Waals surface area contributed by atoms with Gasteiger partial charge in [0.1, 0.15) is 11.3 Å². The summed E-state index contributed by atoms with van der Waals surface area (Å²) in [6, 6.07) is 17.0. The van der Waals surface area contributed by atoms with E-state index in [1.165, 1.54) is 0 Å². The monoisotopic (exact) mass is 345 g/mol. The van der Waals surface area contributed by atoms with Crippen LogP contribution in [-0.2, 0) is 6.42 Å². The highest BCUT2D eigenvalue weighted by atomic mass is 16.2. The molecule has 2 aromatic heterocycles. The van der Waals surface area contributed by atoms with Crippen LogP contribution in [0, 0.1) is 0 Å². The van der Waals surface area contributed by atoms with Crippen molar-refractivity contribution in [2.45, 2.75) is 6.42 Å². The number of carbonyl (C=O) groups excluding carboxylic acids is 1. The Kier molecular flexibility index (Phi) is 4.29. The number of para-hydroxylation sites is 1. The number of aromatic nitrogens is 6. The first-order valence-corrected chi connectivity index (χ1v) is 8.14. The predicted octanol–water partition coefficient (Wildman–Crippen LogP) is 1.78. The molecule has 0 unspecified atom stereocenters. The summed E-state index contributed by atoms with van der Waals surface area (Å²) in [7, 11) is 0. The van der Waals surface area contributed by atoms with E-state index >= 15 is 0 Å². The molecule has 0 aliphatic carbocycles. The van der Waals surface area contributed by atoms with Crippen molar-refractivity contribution >= 4 is 16.9 Å². The van der Waals surface area contributed by atoms with Gasteiger partial charge in [-0.25, -0.2) is 9.97 Å². The van der Waals surface area contributed by atoms with Gasteiger partial charge >= 0.3 is 0 Å². The van der Waals surface area contributed by atoms with E-state index in [2.05, 4.69) is 35.7 Å². The SMILES string of the molecule is O=C(NCCc1nc(-c2ccccc2)n[nH]1)c1nnc2ccccc2n1. The van der Waals surface area contributed by atoms with Gasteiger partial charge in [0.15, 0.2) is 5.82 Å². The minimum Gasteiger partial charge on any atom is -0.349 e. The topological polar surface area (TPSA) is 109 Å². The molecule has 2 aromatic carbocycles. The molecule has 0 aliphatic heterocycles. The number of H-pyrrole nitrogens is 1. The zero-order valence-electron chi connectivity index (χ0n) is 13.8. The minimum absolute atomic E-state index is 0.0474. The lowest BCUT2D eigenvalue weighted by atomic mass is 10.2. The van der Waals surface area contributed by atoms with Crippen molar-refractivity contribution in [1.82, 2.24) is 35.7 Å². The van der Waals surface area contributed by atoms with Crippen molar-refractivity contribution in [3.05, 3.63) is 66.2 Å². The first-order chi connectivity index (χ1) is 12.8. The highest BCUT2D eigenvalue weighted by Gasteiger charge is 2.11. The van der Waals surface area contributed by atoms with Crippen LogP contribution in [0.15, 0.2) is 54.6 Å². The fraction of sp³-hybridized carbons (Fsp3) is 0.111. The van der Waals surface area contributed by atoms with E-state index in [0.717, 1.165) is 5.56 Å². The summed E-state index contributed by atoms with van der Waals surface area (Å²) in [5.41, 5.74) is 2.23. The number of benzene rings is 2. The maximum absolute atomic E-state index is 12.2. The van der Waals surface area contributed by atoms with E-state index < -0.39 is 0 Å². The zero-order valence-corrected chi connectivity index (χ0v) is 13.8. The van der Waals surface area contributed by atoms with Gasteiger partial charge in [0.05, 0.1) is 5.52 Å². The van der Waals surface area contributed by atoms with Gasteiger partial charge < -0.3 is 5.32 Å². The Labute approximate surface area is 148 Å². The van der Waals surface area contributed by atoms with Gasteiger partial charge in [-0.15, -0.1) is 10.2 Å². The molecule has 0 saturated heterocycles. The van der Waals surface area contributed by atoms with E-state index in [0.29, 0.717) is 35.6 Å². The molecule has 2 N–H and O–H groups in total. The average molecular weight is 345 g/mol. The molecule has 0 spiro atoms. The second-order valence-electron chi connectivity index (χ2n) is 5.60. The Morgan fingerprint density at radius 3 is 2.54 bits per heavy atom. The summed E-state index contributed by atoms with van der Waals surface area (Å²) in [5, 5.41) is 17.7. The molecule has 0 fully saturated rings. The molecule has 8 heteroatoms. The Hall–Kier alpha value is -3.68.